The molecular formula is C13H19N5O2. The minimum absolute atomic E-state index is 0.120. The van der Waals surface area contributed by atoms with Crippen LogP contribution < -0.4 is 17.2 Å². The SMILES string of the molecule is CC(C)(C)c1ccc(C(=O)O)cc1N=C(N)N=C(N)N. The van der Waals surface area contributed by atoms with E-state index in [0.717, 1.165) is 5.56 Å². The summed E-state index contributed by atoms with van der Waals surface area (Å²) in [4.78, 5) is 18.7. The topological polar surface area (TPSA) is 140 Å². The van der Waals surface area contributed by atoms with Gasteiger partial charge >= 0.3 is 5.97 Å². The van der Waals surface area contributed by atoms with E-state index in [1.165, 1.54) is 12.1 Å². The number of nitrogens with zero attached hydrogens (tertiary/aromatic N) is 2. The predicted octanol–water partition coefficient (Wildman–Crippen LogP) is 0.902. The smallest absolute Gasteiger partial charge is 0.335 e. The number of guanidine groups is 2. The van der Waals surface area contributed by atoms with Crippen LogP contribution >= 0.6 is 0 Å². The first kappa shape index (κ1) is 15.5. The summed E-state index contributed by atoms with van der Waals surface area (Å²) < 4.78 is 0. The van der Waals surface area contributed by atoms with Gasteiger partial charge in [-0.15, -0.1) is 0 Å². The number of carbonyl (C=O) groups is 1. The molecule has 0 aliphatic heterocycles. The molecule has 7 heteroatoms. The molecular weight excluding hydrogens is 258 g/mol. The zero-order valence-electron chi connectivity index (χ0n) is 11.7. The summed E-state index contributed by atoms with van der Waals surface area (Å²) in [6.07, 6.45) is 0. The van der Waals surface area contributed by atoms with E-state index in [1.807, 2.05) is 20.8 Å². The van der Waals surface area contributed by atoms with Crippen LogP contribution in [0.25, 0.3) is 0 Å². The van der Waals surface area contributed by atoms with E-state index in [-0.39, 0.29) is 22.9 Å². The van der Waals surface area contributed by atoms with Crippen LogP contribution in [0.15, 0.2) is 28.2 Å². The Kier molecular flexibility index (Phi) is 4.34. The Morgan fingerprint density at radius 3 is 2.25 bits per heavy atom. The van der Waals surface area contributed by atoms with Gasteiger partial charge in [0.05, 0.1) is 11.3 Å². The maximum atomic E-state index is 11.0. The van der Waals surface area contributed by atoms with Gasteiger partial charge in [-0.3, -0.25) is 0 Å². The van der Waals surface area contributed by atoms with Gasteiger partial charge in [-0.05, 0) is 23.1 Å². The van der Waals surface area contributed by atoms with Gasteiger partial charge in [0, 0.05) is 0 Å². The van der Waals surface area contributed by atoms with Gasteiger partial charge in [0.1, 0.15) is 0 Å². The first-order valence-corrected chi connectivity index (χ1v) is 5.93. The molecule has 0 saturated carbocycles. The molecule has 1 rings (SSSR count). The fourth-order valence-corrected chi connectivity index (χ4v) is 1.67. The standard InChI is InChI=1S/C13H19N5O2/c1-13(2,3)8-5-4-7(10(19)20)6-9(8)17-12(16)18-11(14)15/h4-6H,1-3H3,(H,19,20)(H6,14,15,16,17,18). The minimum atomic E-state index is -1.04. The van der Waals surface area contributed by atoms with Crippen molar-refractivity contribution in [3.8, 4) is 0 Å². The molecule has 0 heterocycles. The fraction of sp³-hybridized carbons (Fsp3) is 0.308. The molecule has 1 aromatic rings. The summed E-state index contributed by atoms with van der Waals surface area (Å²) >= 11 is 0. The van der Waals surface area contributed by atoms with E-state index in [2.05, 4.69) is 9.98 Å². The molecule has 0 aromatic heterocycles. The molecule has 1 aromatic carbocycles. The Bertz CT molecular complexity index is 581. The van der Waals surface area contributed by atoms with Crippen LogP contribution in [0.4, 0.5) is 5.69 Å². The second-order valence-electron chi connectivity index (χ2n) is 5.29. The number of aromatic carboxylic acids is 1. The van der Waals surface area contributed by atoms with Gasteiger partial charge in [-0.2, -0.15) is 4.99 Å². The molecule has 0 atom stereocenters. The van der Waals surface area contributed by atoms with Crippen molar-refractivity contribution < 1.29 is 9.90 Å². The highest BCUT2D eigenvalue weighted by Gasteiger charge is 2.19. The van der Waals surface area contributed by atoms with Crippen molar-refractivity contribution in [2.24, 2.45) is 27.2 Å². The van der Waals surface area contributed by atoms with E-state index in [1.54, 1.807) is 6.07 Å². The lowest BCUT2D eigenvalue weighted by atomic mass is 9.85. The predicted molar refractivity (Wildman–Crippen MR) is 79.2 cm³/mol. The van der Waals surface area contributed by atoms with Gasteiger partial charge < -0.3 is 22.3 Å². The second kappa shape index (κ2) is 5.60. The Hall–Kier alpha value is -2.57. The van der Waals surface area contributed by atoms with Crippen molar-refractivity contribution in [1.29, 1.82) is 0 Å². The monoisotopic (exact) mass is 277 g/mol. The molecule has 7 N–H and O–H groups in total. The maximum Gasteiger partial charge on any atom is 0.335 e. The molecule has 0 bridgehead atoms. The first-order valence-electron chi connectivity index (χ1n) is 5.93. The van der Waals surface area contributed by atoms with Crippen LogP contribution in [0.1, 0.15) is 36.7 Å². The summed E-state index contributed by atoms with van der Waals surface area (Å²) in [5.74, 6) is -1.38. The average molecular weight is 277 g/mol. The van der Waals surface area contributed by atoms with Gasteiger partial charge in [0.15, 0.2) is 5.96 Å². The Balaban J connectivity index is 3.44. The highest BCUT2D eigenvalue weighted by molar-refractivity contribution is 5.94. The molecule has 0 aliphatic carbocycles. The van der Waals surface area contributed by atoms with Gasteiger partial charge in [-0.25, -0.2) is 9.79 Å². The van der Waals surface area contributed by atoms with Gasteiger partial charge in [-0.1, -0.05) is 26.8 Å². The van der Waals surface area contributed by atoms with E-state index in [4.69, 9.17) is 22.3 Å². The van der Waals surface area contributed by atoms with Crippen LogP contribution in [0.3, 0.4) is 0 Å². The number of aliphatic imine (C=N–C) groups is 2. The van der Waals surface area contributed by atoms with Crippen molar-refractivity contribution >= 4 is 23.6 Å². The molecule has 7 nitrogen and oxygen atoms in total. The van der Waals surface area contributed by atoms with Crippen molar-refractivity contribution in [2.75, 3.05) is 0 Å². The third-order valence-electron chi connectivity index (χ3n) is 2.53. The summed E-state index contributed by atoms with van der Waals surface area (Å²) in [7, 11) is 0. The number of nitrogens with two attached hydrogens (primary N) is 3. The molecule has 108 valence electrons. The van der Waals surface area contributed by atoms with Crippen molar-refractivity contribution in [2.45, 2.75) is 26.2 Å². The quantitative estimate of drug-likeness (QED) is 0.469. The zero-order chi connectivity index (χ0) is 15.5. The number of carboxylic acids is 1. The summed E-state index contributed by atoms with van der Waals surface area (Å²) in [5, 5.41) is 9.04. The average Bonchev–Trinajstić information content (AvgIpc) is 2.25. The highest BCUT2D eigenvalue weighted by Crippen LogP contribution is 2.32. The third kappa shape index (κ3) is 3.98. The molecule has 0 fully saturated rings. The van der Waals surface area contributed by atoms with E-state index >= 15 is 0 Å². The Morgan fingerprint density at radius 2 is 1.80 bits per heavy atom. The van der Waals surface area contributed by atoms with Crippen LogP contribution in [0.2, 0.25) is 0 Å². The Morgan fingerprint density at radius 1 is 1.20 bits per heavy atom. The molecule has 0 saturated heterocycles. The molecule has 0 radical (unpaired) electrons. The van der Waals surface area contributed by atoms with Crippen LogP contribution in [-0.2, 0) is 5.41 Å². The highest BCUT2D eigenvalue weighted by atomic mass is 16.4. The number of carboxylic acid groups (broad SMARTS) is 1. The maximum absolute atomic E-state index is 11.0. The molecule has 0 unspecified atom stereocenters. The van der Waals surface area contributed by atoms with Gasteiger partial charge in [0.2, 0.25) is 5.96 Å². The first-order chi connectivity index (χ1) is 9.11. The van der Waals surface area contributed by atoms with Crippen molar-refractivity contribution in [3.05, 3.63) is 29.3 Å². The molecule has 20 heavy (non-hydrogen) atoms. The molecule has 0 aliphatic rings. The largest absolute Gasteiger partial charge is 0.478 e. The lowest BCUT2D eigenvalue weighted by Crippen LogP contribution is -2.26. The molecule has 0 spiro atoms. The Labute approximate surface area is 117 Å². The summed E-state index contributed by atoms with van der Waals surface area (Å²) in [6.45, 7) is 5.95. The second-order valence-corrected chi connectivity index (χ2v) is 5.29. The van der Waals surface area contributed by atoms with Crippen molar-refractivity contribution in [3.63, 3.8) is 0 Å². The zero-order valence-corrected chi connectivity index (χ0v) is 11.7. The number of hydrogen-bond acceptors (Lipinski definition) is 2. The van der Waals surface area contributed by atoms with E-state index < -0.39 is 5.97 Å². The van der Waals surface area contributed by atoms with Crippen LogP contribution in [0.5, 0.6) is 0 Å². The summed E-state index contributed by atoms with van der Waals surface area (Å²) in [5.41, 5.74) is 17.2. The lowest BCUT2D eigenvalue weighted by molar-refractivity contribution is 0.0697. The van der Waals surface area contributed by atoms with Crippen molar-refractivity contribution in [1.82, 2.24) is 0 Å². The number of hydrogen-bond donors (Lipinski definition) is 4. The normalized spacial score (nSPS) is 12.1. The summed E-state index contributed by atoms with van der Waals surface area (Å²) in [6, 6.07) is 4.68. The number of benzene rings is 1. The van der Waals surface area contributed by atoms with Crippen LogP contribution in [0, 0.1) is 0 Å². The molecule has 0 amide bonds. The van der Waals surface area contributed by atoms with Gasteiger partial charge in [0.25, 0.3) is 0 Å². The third-order valence-corrected chi connectivity index (χ3v) is 2.53. The van der Waals surface area contributed by atoms with Crippen LogP contribution in [-0.4, -0.2) is 23.0 Å². The van der Waals surface area contributed by atoms with E-state index in [9.17, 15) is 4.79 Å². The lowest BCUT2D eigenvalue weighted by Gasteiger charge is -2.21. The fourth-order valence-electron chi connectivity index (χ4n) is 1.67. The van der Waals surface area contributed by atoms with E-state index in [0.29, 0.717) is 5.69 Å². The minimum Gasteiger partial charge on any atom is -0.478 e. The number of rotatable bonds is 2.